The van der Waals surface area contributed by atoms with Crippen LogP contribution in [-0.4, -0.2) is 29.5 Å². The fraction of sp³-hybridized carbons (Fsp3) is 0.118. The number of methoxy groups -OCH3 is 2. The van der Waals surface area contributed by atoms with Gasteiger partial charge in [0.1, 0.15) is 16.7 Å². The van der Waals surface area contributed by atoms with Gasteiger partial charge in [0.25, 0.3) is 0 Å². The van der Waals surface area contributed by atoms with Crippen molar-refractivity contribution in [2.75, 3.05) is 14.2 Å². The van der Waals surface area contributed by atoms with Crippen molar-refractivity contribution in [2.45, 2.75) is 0 Å². The number of fused-ring (bicyclic) bond motifs is 1. The lowest BCUT2D eigenvalue weighted by molar-refractivity contribution is 0.355. The molecule has 124 valence electrons. The lowest BCUT2D eigenvalue weighted by Crippen LogP contribution is -2.01. The van der Waals surface area contributed by atoms with E-state index in [1.807, 2.05) is 0 Å². The van der Waals surface area contributed by atoms with Crippen LogP contribution in [0.2, 0.25) is 0 Å². The van der Waals surface area contributed by atoms with Crippen LogP contribution < -0.4 is 14.9 Å². The Balaban J connectivity index is 2.25. The summed E-state index contributed by atoms with van der Waals surface area (Å²) in [6.07, 6.45) is 0. The predicted octanol–water partition coefficient (Wildman–Crippen LogP) is 2.59. The molecule has 24 heavy (non-hydrogen) atoms. The van der Waals surface area contributed by atoms with E-state index in [-0.39, 0.29) is 16.7 Å². The van der Waals surface area contributed by atoms with Gasteiger partial charge in [-0.15, -0.1) is 0 Å². The number of ether oxygens (including phenoxy) is 2. The summed E-state index contributed by atoms with van der Waals surface area (Å²) in [7, 11) is 2.99. The van der Waals surface area contributed by atoms with E-state index < -0.39 is 22.7 Å². The van der Waals surface area contributed by atoms with Crippen molar-refractivity contribution in [3.63, 3.8) is 0 Å². The van der Waals surface area contributed by atoms with Gasteiger partial charge in [-0.05, 0) is 18.2 Å². The summed E-state index contributed by atoms with van der Waals surface area (Å²) in [5.41, 5.74) is -0.0763. The fourth-order valence-electron chi connectivity index (χ4n) is 2.41. The molecule has 3 N–H and O–H groups in total. The molecule has 0 aliphatic heterocycles. The average Bonchev–Trinajstić information content (AvgIpc) is 2.58. The summed E-state index contributed by atoms with van der Waals surface area (Å²) < 4.78 is 16.0. The van der Waals surface area contributed by atoms with E-state index in [1.54, 1.807) is 18.2 Å². The highest BCUT2D eigenvalue weighted by molar-refractivity contribution is 5.89. The zero-order valence-electron chi connectivity index (χ0n) is 12.9. The molecule has 0 amide bonds. The number of hydrogen-bond acceptors (Lipinski definition) is 7. The summed E-state index contributed by atoms with van der Waals surface area (Å²) in [4.78, 5) is 12.3. The van der Waals surface area contributed by atoms with Crippen molar-refractivity contribution in [1.82, 2.24) is 0 Å². The highest BCUT2D eigenvalue weighted by atomic mass is 16.5. The monoisotopic (exact) mass is 330 g/mol. The third-order valence-corrected chi connectivity index (χ3v) is 3.61. The van der Waals surface area contributed by atoms with Gasteiger partial charge in [-0.3, -0.25) is 4.79 Å². The highest BCUT2D eigenvalue weighted by Gasteiger charge is 2.18. The molecular weight excluding hydrogens is 316 g/mol. The van der Waals surface area contributed by atoms with Gasteiger partial charge in [-0.2, -0.15) is 0 Å². The van der Waals surface area contributed by atoms with Crippen LogP contribution >= 0.6 is 0 Å². The summed E-state index contributed by atoms with van der Waals surface area (Å²) in [6, 6.07) is 7.20. The van der Waals surface area contributed by atoms with Crippen LogP contribution in [0.3, 0.4) is 0 Å². The topological polar surface area (TPSA) is 109 Å². The second-order valence-electron chi connectivity index (χ2n) is 5.01. The lowest BCUT2D eigenvalue weighted by Gasteiger charge is -2.10. The number of hydrogen-bond donors (Lipinski definition) is 3. The maximum absolute atomic E-state index is 12.3. The second kappa shape index (κ2) is 5.69. The highest BCUT2D eigenvalue weighted by Crippen LogP contribution is 2.41. The minimum Gasteiger partial charge on any atom is -0.504 e. The molecule has 7 heteroatoms. The molecule has 0 atom stereocenters. The first-order valence-electron chi connectivity index (χ1n) is 6.90. The van der Waals surface area contributed by atoms with Gasteiger partial charge in [0, 0.05) is 17.7 Å². The van der Waals surface area contributed by atoms with Crippen LogP contribution in [-0.2, 0) is 0 Å². The molecule has 0 aliphatic rings. The molecule has 1 aromatic heterocycles. The first-order chi connectivity index (χ1) is 11.5. The third kappa shape index (κ3) is 2.36. The predicted molar refractivity (Wildman–Crippen MR) is 86.0 cm³/mol. The normalized spacial score (nSPS) is 10.8. The minimum atomic E-state index is -0.770. The standard InChI is InChI=1S/C17H14O7/c1-22-11-4-3-8(5-13(11)23-2)12-6-9(18)15-14(24-12)7-10(19)16(20)17(15)21/h3-7,19-21H,1-2H3. The molecule has 0 spiro atoms. The van der Waals surface area contributed by atoms with E-state index >= 15 is 0 Å². The summed E-state index contributed by atoms with van der Waals surface area (Å²) in [6.45, 7) is 0. The van der Waals surface area contributed by atoms with Gasteiger partial charge in [-0.1, -0.05) is 0 Å². The molecule has 2 aromatic carbocycles. The molecule has 0 bridgehead atoms. The summed E-state index contributed by atoms with van der Waals surface area (Å²) >= 11 is 0. The SMILES string of the molecule is COc1ccc(-c2cc(=O)c3c(O)c(O)c(O)cc3o2)cc1OC. The van der Waals surface area contributed by atoms with Crippen LogP contribution in [0.5, 0.6) is 28.7 Å². The Morgan fingerprint density at radius 1 is 0.917 bits per heavy atom. The molecule has 3 aromatic rings. The van der Waals surface area contributed by atoms with Crippen molar-refractivity contribution in [3.8, 4) is 40.1 Å². The Morgan fingerprint density at radius 2 is 1.62 bits per heavy atom. The van der Waals surface area contributed by atoms with Crippen LogP contribution in [0.1, 0.15) is 0 Å². The molecule has 0 saturated carbocycles. The van der Waals surface area contributed by atoms with Crippen molar-refractivity contribution < 1.29 is 29.2 Å². The van der Waals surface area contributed by atoms with E-state index in [9.17, 15) is 20.1 Å². The van der Waals surface area contributed by atoms with E-state index in [1.165, 1.54) is 20.3 Å². The van der Waals surface area contributed by atoms with E-state index in [4.69, 9.17) is 13.9 Å². The fourth-order valence-corrected chi connectivity index (χ4v) is 2.41. The third-order valence-electron chi connectivity index (χ3n) is 3.61. The average molecular weight is 330 g/mol. The number of aromatic hydroxyl groups is 3. The summed E-state index contributed by atoms with van der Waals surface area (Å²) in [5.74, 6) is -0.907. The van der Waals surface area contributed by atoms with Gasteiger partial charge < -0.3 is 29.2 Å². The Kier molecular flexibility index (Phi) is 3.69. The molecule has 0 saturated heterocycles. The quantitative estimate of drug-likeness (QED) is 0.633. The molecule has 0 aliphatic carbocycles. The zero-order valence-corrected chi connectivity index (χ0v) is 12.9. The Bertz CT molecular complexity index is 988. The molecule has 0 fully saturated rings. The van der Waals surface area contributed by atoms with E-state index in [0.717, 1.165) is 6.07 Å². The zero-order chi connectivity index (χ0) is 17.4. The van der Waals surface area contributed by atoms with Crippen LogP contribution in [0.15, 0.2) is 39.5 Å². The van der Waals surface area contributed by atoms with Crippen molar-refractivity contribution in [2.24, 2.45) is 0 Å². The number of benzene rings is 2. The van der Waals surface area contributed by atoms with Gasteiger partial charge in [0.15, 0.2) is 28.4 Å². The maximum atomic E-state index is 12.3. The maximum Gasteiger partial charge on any atom is 0.201 e. The second-order valence-corrected chi connectivity index (χ2v) is 5.01. The smallest absolute Gasteiger partial charge is 0.201 e. The molecule has 3 rings (SSSR count). The van der Waals surface area contributed by atoms with Gasteiger partial charge >= 0.3 is 0 Å². The molecule has 0 unspecified atom stereocenters. The van der Waals surface area contributed by atoms with Crippen molar-refractivity contribution in [3.05, 3.63) is 40.6 Å². The van der Waals surface area contributed by atoms with Crippen LogP contribution in [0.4, 0.5) is 0 Å². The molecular formula is C17H14O7. The largest absolute Gasteiger partial charge is 0.504 e. The first-order valence-corrected chi connectivity index (χ1v) is 6.90. The van der Waals surface area contributed by atoms with E-state index in [2.05, 4.69) is 0 Å². The van der Waals surface area contributed by atoms with Gasteiger partial charge in [0.2, 0.25) is 5.75 Å². The van der Waals surface area contributed by atoms with Crippen LogP contribution in [0, 0.1) is 0 Å². The molecule has 1 heterocycles. The van der Waals surface area contributed by atoms with Crippen molar-refractivity contribution >= 4 is 11.0 Å². The summed E-state index contributed by atoms with van der Waals surface area (Å²) in [5, 5.41) is 28.7. The first kappa shape index (κ1) is 15.5. The lowest BCUT2D eigenvalue weighted by atomic mass is 10.1. The number of phenols is 3. The molecule has 0 radical (unpaired) electrons. The van der Waals surface area contributed by atoms with Gasteiger partial charge in [-0.25, -0.2) is 0 Å². The minimum absolute atomic E-state index is 0.0555. The van der Waals surface area contributed by atoms with Crippen molar-refractivity contribution in [1.29, 1.82) is 0 Å². The van der Waals surface area contributed by atoms with Crippen LogP contribution in [0.25, 0.3) is 22.3 Å². The van der Waals surface area contributed by atoms with E-state index in [0.29, 0.717) is 17.1 Å². The Morgan fingerprint density at radius 3 is 2.29 bits per heavy atom. The number of phenolic OH excluding ortho intramolecular Hbond substituents is 3. The molecule has 7 nitrogen and oxygen atoms in total. The Hall–Kier alpha value is -3.35. The van der Waals surface area contributed by atoms with Gasteiger partial charge in [0.05, 0.1) is 14.2 Å². The number of rotatable bonds is 3. The Labute approximate surface area is 135 Å².